The summed E-state index contributed by atoms with van der Waals surface area (Å²) in [6.07, 6.45) is 3.28. The smallest absolute Gasteiger partial charge is 0.340 e. The topological polar surface area (TPSA) is 55.0 Å². The van der Waals surface area contributed by atoms with Crippen LogP contribution in [0.15, 0.2) is 36.7 Å². The van der Waals surface area contributed by atoms with Gasteiger partial charge in [-0.1, -0.05) is 18.2 Å². The lowest BCUT2D eigenvalue weighted by molar-refractivity contribution is 0.0528. The average Bonchev–Trinajstić information content (AvgIpc) is 2.77. The minimum atomic E-state index is -0.333. The van der Waals surface area contributed by atoms with Crippen LogP contribution in [0.5, 0.6) is 0 Å². The van der Waals surface area contributed by atoms with Crippen LogP contribution in [0, 0.1) is 0 Å². The Balaban J connectivity index is 0.00000133. The van der Waals surface area contributed by atoms with E-state index in [1.807, 2.05) is 24.3 Å². The Bertz CT molecular complexity index is 736. The molecule has 1 aromatic carbocycles. The van der Waals surface area contributed by atoms with E-state index in [0.717, 1.165) is 21.8 Å². The van der Waals surface area contributed by atoms with Gasteiger partial charge in [0.05, 0.1) is 23.9 Å². The average molecular weight is 277 g/mol. The molecule has 0 aliphatic carbocycles. The van der Waals surface area contributed by atoms with Crippen molar-refractivity contribution in [2.75, 3.05) is 6.61 Å². The molecule has 0 saturated heterocycles. The number of pyridine rings is 1. The molecule has 2 aromatic heterocycles. The van der Waals surface area contributed by atoms with Gasteiger partial charge < -0.3 is 9.72 Å². The van der Waals surface area contributed by atoms with E-state index in [1.54, 1.807) is 19.3 Å². The van der Waals surface area contributed by atoms with Gasteiger partial charge in [-0.3, -0.25) is 4.98 Å². The van der Waals surface area contributed by atoms with Crippen LogP contribution in [0.2, 0.25) is 0 Å². The van der Waals surface area contributed by atoms with Gasteiger partial charge in [0.2, 0.25) is 0 Å². The second kappa shape index (κ2) is 5.28. The van der Waals surface area contributed by atoms with Crippen LogP contribution in [0.1, 0.15) is 17.3 Å². The fraction of sp³-hybridized carbons (Fsp3) is 0.143. The third-order valence-corrected chi connectivity index (χ3v) is 2.91. The van der Waals surface area contributed by atoms with Gasteiger partial charge in [0, 0.05) is 22.5 Å². The second-order valence-electron chi connectivity index (χ2n) is 4.00. The van der Waals surface area contributed by atoms with Gasteiger partial charge in [-0.2, -0.15) is 0 Å². The van der Waals surface area contributed by atoms with Crippen molar-refractivity contribution < 1.29 is 9.53 Å². The summed E-state index contributed by atoms with van der Waals surface area (Å²) in [7, 11) is 0. The minimum absolute atomic E-state index is 0. The molecule has 2 heterocycles. The largest absolute Gasteiger partial charge is 0.462 e. The maximum Gasteiger partial charge on any atom is 0.340 e. The molecule has 5 heteroatoms. The minimum Gasteiger partial charge on any atom is -0.462 e. The number of fused-ring (bicyclic) bond motifs is 3. The number of aromatic nitrogens is 2. The highest BCUT2D eigenvalue weighted by atomic mass is 35.5. The van der Waals surface area contributed by atoms with Crippen molar-refractivity contribution in [3.8, 4) is 0 Å². The first-order valence-corrected chi connectivity index (χ1v) is 5.83. The first kappa shape index (κ1) is 13.4. The number of nitrogens with one attached hydrogen (secondary N) is 1. The van der Waals surface area contributed by atoms with E-state index in [-0.39, 0.29) is 18.4 Å². The van der Waals surface area contributed by atoms with E-state index in [4.69, 9.17) is 4.74 Å². The van der Waals surface area contributed by atoms with Gasteiger partial charge in [0.15, 0.2) is 0 Å². The normalized spacial score (nSPS) is 10.4. The molecular formula is C14H13ClN2O2. The van der Waals surface area contributed by atoms with Crippen LogP contribution < -0.4 is 0 Å². The van der Waals surface area contributed by atoms with Crippen LogP contribution in [-0.2, 0) is 4.74 Å². The summed E-state index contributed by atoms with van der Waals surface area (Å²) in [5, 5.41) is 1.89. The molecule has 19 heavy (non-hydrogen) atoms. The van der Waals surface area contributed by atoms with Crippen molar-refractivity contribution in [1.29, 1.82) is 0 Å². The van der Waals surface area contributed by atoms with Crippen LogP contribution in [0.25, 0.3) is 21.8 Å². The molecule has 0 spiro atoms. The Kier molecular flexibility index (Phi) is 3.71. The van der Waals surface area contributed by atoms with Gasteiger partial charge in [0.1, 0.15) is 0 Å². The fourth-order valence-electron chi connectivity index (χ4n) is 2.16. The number of rotatable bonds is 2. The van der Waals surface area contributed by atoms with E-state index >= 15 is 0 Å². The first-order valence-electron chi connectivity index (χ1n) is 5.83. The third-order valence-electron chi connectivity index (χ3n) is 2.91. The number of hydrogen-bond donors (Lipinski definition) is 1. The number of halogens is 1. The molecule has 3 rings (SSSR count). The zero-order chi connectivity index (χ0) is 12.5. The van der Waals surface area contributed by atoms with E-state index in [2.05, 4.69) is 9.97 Å². The van der Waals surface area contributed by atoms with E-state index in [1.165, 1.54) is 0 Å². The maximum atomic E-state index is 11.9. The Morgan fingerprint density at radius 1 is 1.26 bits per heavy atom. The second-order valence-corrected chi connectivity index (χ2v) is 4.00. The molecule has 0 fully saturated rings. The third kappa shape index (κ3) is 2.15. The van der Waals surface area contributed by atoms with Crippen LogP contribution in [0.4, 0.5) is 0 Å². The summed E-state index contributed by atoms with van der Waals surface area (Å²) in [4.78, 5) is 19.2. The molecule has 0 radical (unpaired) electrons. The Hall–Kier alpha value is -2.07. The van der Waals surface area contributed by atoms with Crippen molar-refractivity contribution in [2.24, 2.45) is 0 Å². The summed E-state index contributed by atoms with van der Waals surface area (Å²) in [5.74, 6) is -0.333. The lowest BCUT2D eigenvalue weighted by Gasteiger charge is -2.02. The zero-order valence-corrected chi connectivity index (χ0v) is 11.2. The monoisotopic (exact) mass is 276 g/mol. The molecule has 3 aromatic rings. The Morgan fingerprint density at radius 2 is 2.05 bits per heavy atom. The fourth-order valence-corrected chi connectivity index (χ4v) is 2.16. The number of benzene rings is 1. The highest BCUT2D eigenvalue weighted by molar-refractivity contribution is 6.16. The molecule has 0 saturated carbocycles. The number of carbonyl (C=O) groups is 1. The van der Waals surface area contributed by atoms with Gasteiger partial charge in [-0.15, -0.1) is 12.4 Å². The number of esters is 1. The predicted molar refractivity (Wildman–Crippen MR) is 76.8 cm³/mol. The van der Waals surface area contributed by atoms with Crippen molar-refractivity contribution in [3.63, 3.8) is 0 Å². The molecule has 0 aliphatic rings. The van der Waals surface area contributed by atoms with Crippen molar-refractivity contribution >= 4 is 40.2 Å². The Morgan fingerprint density at radius 3 is 2.84 bits per heavy atom. The quantitative estimate of drug-likeness (QED) is 0.731. The summed E-state index contributed by atoms with van der Waals surface area (Å²) in [6.45, 7) is 2.15. The lowest BCUT2D eigenvalue weighted by Crippen LogP contribution is -2.05. The molecule has 0 unspecified atom stereocenters. The van der Waals surface area contributed by atoms with Gasteiger partial charge >= 0.3 is 5.97 Å². The number of carbonyl (C=O) groups excluding carboxylic acids is 1. The summed E-state index contributed by atoms with van der Waals surface area (Å²) in [5.41, 5.74) is 2.35. The number of H-pyrrole nitrogens is 1. The lowest BCUT2D eigenvalue weighted by atomic mass is 10.1. The SMILES string of the molecule is CCOC(=O)c1cncc2[nH]c3ccccc3c12.Cl. The van der Waals surface area contributed by atoms with Crippen molar-refractivity contribution in [2.45, 2.75) is 6.92 Å². The van der Waals surface area contributed by atoms with E-state index in [0.29, 0.717) is 12.2 Å². The van der Waals surface area contributed by atoms with Crippen LogP contribution in [-0.4, -0.2) is 22.5 Å². The number of ether oxygens (including phenoxy) is 1. The molecule has 4 nitrogen and oxygen atoms in total. The first-order chi connectivity index (χ1) is 8.81. The van der Waals surface area contributed by atoms with Crippen molar-refractivity contribution in [1.82, 2.24) is 9.97 Å². The number of aromatic amines is 1. The number of hydrogen-bond acceptors (Lipinski definition) is 3. The highest BCUT2D eigenvalue weighted by Gasteiger charge is 2.15. The highest BCUT2D eigenvalue weighted by Crippen LogP contribution is 2.27. The number of para-hydroxylation sites is 1. The molecule has 0 atom stereocenters. The van der Waals surface area contributed by atoms with Crippen LogP contribution >= 0.6 is 12.4 Å². The van der Waals surface area contributed by atoms with Crippen LogP contribution in [0.3, 0.4) is 0 Å². The summed E-state index contributed by atoms with van der Waals surface area (Å²) >= 11 is 0. The molecule has 0 aliphatic heterocycles. The number of nitrogens with zero attached hydrogens (tertiary/aromatic N) is 1. The molecule has 0 bridgehead atoms. The Labute approximate surface area is 116 Å². The van der Waals surface area contributed by atoms with E-state index in [9.17, 15) is 4.79 Å². The van der Waals surface area contributed by atoms with Gasteiger partial charge in [-0.05, 0) is 13.0 Å². The molecular weight excluding hydrogens is 264 g/mol. The summed E-state index contributed by atoms with van der Waals surface area (Å²) in [6, 6.07) is 7.86. The standard InChI is InChI=1S/C14H12N2O2.ClH/c1-2-18-14(17)10-7-15-8-12-13(10)9-5-3-4-6-11(9)16-12;/h3-8,16H,2H2,1H3;1H. The predicted octanol–water partition coefficient (Wildman–Crippen LogP) is 3.31. The summed E-state index contributed by atoms with van der Waals surface area (Å²) < 4.78 is 5.06. The van der Waals surface area contributed by atoms with Crippen molar-refractivity contribution in [3.05, 3.63) is 42.2 Å². The molecule has 1 N–H and O–H groups in total. The maximum absolute atomic E-state index is 11.9. The van der Waals surface area contributed by atoms with E-state index < -0.39 is 0 Å². The zero-order valence-electron chi connectivity index (χ0n) is 10.3. The van der Waals surface area contributed by atoms with Gasteiger partial charge in [0.25, 0.3) is 0 Å². The van der Waals surface area contributed by atoms with Gasteiger partial charge in [-0.25, -0.2) is 4.79 Å². The molecule has 98 valence electrons. The molecule has 0 amide bonds.